The van der Waals surface area contributed by atoms with Crippen molar-refractivity contribution in [3.05, 3.63) is 18.7 Å². The van der Waals surface area contributed by atoms with Crippen LogP contribution in [0.5, 0.6) is 0 Å². The Kier molecular flexibility index (Phi) is 1.94. The highest BCUT2D eigenvalue weighted by Gasteiger charge is 2.12. The Balaban J connectivity index is 2.57. The topological polar surface area (TPSA) is 17.8 Å². The zero-order valence-electron chi connectivity index (χ0n) is 6.83. The minimum absolute atomic E-state index is 0.939. The van der Waals surface area contributed by atoms with Gasteiger partial charge in [-0.3, -0.25) is 0 Å². The molecule has 0 fully saturated rings. The van der Waals surface area contributed by atoms with Gasteiger partial charge in [0, 0.05) is 18.6 Å². The van der Waals surface area contributed by atoms with Crippen LogP contribution in [0.2, 0.25) is 19.6 Å². The third-order valence-electron chi connectivity index (χ3n) is 1.22. The second-order valence-electron chi connectivity index (χ2n) is 3.80. The molecule has 0 N–H and O–H groups in total. The second-order valence-corrected chi connectivity index (χ2v) is 9.23. The van der Waals surface area contributed by atoms with Gasteiger partial charge in [0.1, 0.15) is 0 Å². The number of imidazole rings is 1. The maximum Gasteiger partial charge on any atom is 0.0943 e. The third-order valence-corrected chi connectivity index (χ3v) is 2.53. The molecule has 0 atom stereocenters. The Labute approximate surface area is 62.9 Å². The molecule has 56 valence electrons. The molecule has 10 heavy (non-hydrogen) atoms. The van der Waals surface area contributed by atoms with Gasteiger partial charge in [-0.1, -0.05) is 19.6 Å². The first-order valence-corrected chi connectivity index (χ1v) is 7.24. The number of rotatable bonds is 2. The summed E-state index contributed by atoms with van der Waals surface area (Å²) in [6.45, 7) is 7.06. The molecule has 0 amide bonds. The van der Waals surface area contributed by atoms with Crippen molar-refractivity contribution in [2.24, 2.45) is 0 Å². The van der Waals surface area contributed by atoms with Gasteiger partial charge in [0.15, 0.2) is 0 Å². The van der Waals surface area contributed by atoms with E-state index in [4.69, 9.17) is 0 Å². The highest BCUT2D eigenvalue weighted by molar-refractivity contribution is 6.74. The quantitative estimate of drug-likeness (QED) is 0.594. The minimum atomic E-state index is -0.939. The first-order valence-electron chi connectivity index (χ1n) is 3.54. The van der Waals surface area contributed by atoms with Gasteiger partial charge in [0.25, 0.3) is 0 Å². The van der Waals surface area contributed by atoms with Gasteiger partial charge >= 0.3 is 0 Å². The van der Waals surface area contributed by atoms with Crippen molar-refractivity contribution in [1.82, 2.24) is 9.55 Å². The molecule has 1 aromatic heterocycles. The molecule has 1 heterocycles. The molecule has 1 rings (SSSR count). The Hall–Kier alpha value is -0.573. The summed E-state index contributed by atoms with van der Waals surface area (Å²) >= 11 is 0. The lowest BCUT2D eigenvalue weighted by Gasteiger charge is -2.15. The molecule has 0 aliphatic heterocycles. The van der Waals surface area contributed by atoms with E-state index >= 15 is 0 Å². The van der Waals surface area contributed by atoms with E-state index in [1.54, 1.807) is 0 Å². The van der Waals surface area contributed by atoms with Gasteiger partial charge in [-0.25, -0.2) is 4.98 Å². The summed E-state index contributed by atoms with van der Waals surface area (Å²) in [6.07, 6.45) is 6.92. The smallest absolute Gasteiger partial charge is 0.0943 e. The van der Waals surface area contributed by atoms with Crippen LogP contribution in [0.1, 0.15) is 0 Å². The number of hydrogen-bond acceptors (Lipinski definition) is 1. The monoisotopic (exact) mass is 154 g/mol. The van der Waals surface area contributed by atoms with Crippen LogP contribution in [0.15, 0.2) is 18.7 Å². The van der Waals surface area contributed by atoms with Gasteiger partial charge in [-0.05, 0) is 0 Å². The van der Waals surface area contributed by atoms with E-state index in [0.29, 0.717) is 0 Å². The van der Waals surface area contributed by atoms with Gasteiger partial charge in [0.2, 0.25) is 0 Å². The molecule has 0 spiro atoms. The van der Waals surface area contributed by atoms with Crippen molar-refractivity contribution >= 4 is 8.07 Å². The highest BCUT2D eigenvalue weighted by Crippen LogP contribution is 2.03. The van der Waals surface area contributed by atoms with Crippen molar-refractivity contribution in [3.8, 4) is 0 Å². The molecule has 0 aromatic carbocycles. The summed E-state index contributed by atoms with van der Waals surface area (Å²) in [5.41, 5.74) is 0. The highest BCUT2D eigenvalue weighted by atomic mass is 28.3. The molecular formula is C7H14N2Si. The van der Waals surface area contributed by atoms with E-state index < -0.39 is 8.07 Å². The Morgan fingerprint density at radius 1 is 1.40 bits per heavy atom. The maximum absolute atomic E-state index is 3.99. The first-order chi connectivity index (χ1) is 4.58. The van der Waals surface area contributed by atoms with Gasteiger partial charge in [-0.2, -0.15) is 0 Å². The standard InChI is InChI=1S/C7H14N2Si/c1-10(2,3)7-9-5-4-8-6-9/h4-6H,7H2,1-3H3. The zero-order valence-corrected chi connectivity index (χ0v) is 7.83. The summed E-state index contributed by atoms with van der Waals surface area (Å²) in [7, 11) is -0.939. The number of aromatic nitrogens is 2. The van der Waals surface area contributed by atoms with Gasteiger partial charge in [0.05, 0.1) is 14.4 Å². The molecule has 0 bridgehead atoms. The minimum Gasteiger partial charge on any atom is -0.340 e. The van der Waals surface area contributed by atoms with Gasteiger partial charge < -0.3 is 4.57 Å². The Morgan fingerprint density at radius 3 is 2.50 bits per heavy atom. The van der Waals surface area contributed by atoms with Crippen LogP contribution in [-0.4, -0.2) is 17.6 Å². The lowest BCUT2D eigenvalue weighted by Crippen LogP contribution is -2.27. The summed E-state index contributed by atoms with van der Waals surface area (Å²) in [5.74, 6) is 0. The van der Waals surface area contributed by atoms with Crippen LogP contribution in [0.25, 0.3) is 0 Å². The molecule has 0 aliphatic carbocycles. The average molecular weight is 154 g/mol. The largest absolute Gasteiger partial charge is 0.340 e. The molecule has 0 saturated carbocycles. The molecule has 0 aliphatic rings. The molecular weight excluding hydrogens is 140 g/mol. The fourth-order valence-corrected chi connectivity index (χ4v) is 2.21. The van der Waals surface area contributed by atoms with Gasteiger partial charge in [-0.15, -0.1) is 0 Å². The van der Waals surface area contributed by atoms with E-state index in [1.807, 2.05) is 18.7 Å². The predicted molar refractivity (Wildman–Crippen MR) is 45.6 cm³/mol. The molecule has 0 saturated heterocycles. The van der Waals surface area contributed by atoms with Crippen molar-refractivity contribution in [2.75, 3.05) is 0 Å². The van der Waals surface area contributed by atoms with Crippen molar-refractivity contribution in [1.29, 1.82) is 0 Å². The van der Waals surface area contributed by atoms with E-state index in [0.717, 1.165) is 0 Å². The van der Waals surface area contributed by atoms with Crippen LogP contribution < -0.4 is 0 Å². The first kappa shape index (κ1) is 7.53. The fourth-order valence-electron chi connectivity index (χ4n) is 0.928. The number of nitrogens with zero attached hydrogens (tertiary/aromatic N) is 2. The van der Waals surface area contributed by atoms with Crippen molar-refractivity contribution in [2.45, 2.75) is 25.8 Å². The molecule has 2 nitrogen and oxygen atoms in total. The van der Waals surface area contributed by atoms with Crippen molar-refractivity contribution in [3.63, 3.8) is 0 Å². The third kappa shape index (κ3) is 2.35. The predicted octanol–water partition coefficient (Wildman–Crippen LogP) is 1.76. The normalized spacial score (nSPS) is 11.9. The lowest BCUT2D eigenvalue weighted by molar-refractivity contribution is 0.851. The Bertz CT molecular complexity index is 186. The van der Waals surface area contributed by atoms with Crippen LogP contribution in [0.4, 0.5) is 0 Å². The van der Waals surface area contributed by atoms with E-state index in [-0.39, 0.29) is 0 Å². The number of hydrogen-bond donors (Lipinski definition) is 0. The fraction of sp³-hybridized carbons (Fsp3) is 0.571. The van der Waals surface area contributed by atoms with Crippen LogP contribution in [0.3, 0.4) is 0 Å². The van der Waals surface area contributed by atoms with Crippen LogP contribution in [-0.2, 0) is 6.17 Å². The maximum atomic E-state index is 3.99. The summed E-state index contributed by atoms with van der Waals surface area (Å²) < 4.78 is 2.16. The summed E-state index contributed by atoms with van der Waals surface area (Å²) in [5, 5.41) is 0. The van der Waals surface area contributed by atoms with E-state index in [2.05, 4.69) is 29.2 Å². The SMILES string of the molecule is C[Si](C)(C)Cn1ccnc1. The van der Waals surface area contributed by atoms with E-state index in [1.165, 1.54) is 6.17 Å². The Morgan fingerprint density at radius 2 is 2.10 bits per heavy atom. The summed E-state index contributed by atoms with van der Waals surface area (Å²) in [6, 6.07) is 0. The lowest BCUT2D eigenvalue weighted by atomic mass is 10.9. The van der Waals surface area contributed by atoms with Crippen molar-refractivity contribution < 1.29 is 0 Å². The molecule has 1 aromatic rings. The molecule has 0 radical (unpaired) electrons. The second kappa shape index (κ2) is 2.58. The van der Waals surface area contributed by atoms with Crippen LogP contribution in [0, 0.1) is 0 Å². The zero-order chi connectivity index (χ0) is 7.61. The average Bonchev–Trinajstić information content (AvgIpc) is 2.12. The van der Waals surface area contributed by atoms with E-state index in [9.17, 15) is 0 Å². The molecule has 0 unspecified atom stereocenters. The van der Waals surface area contributed by atoms with Crippen LogP contribution >= 0.6 is 0 Å². The summed E-state index contributed by atoms with van der Waals surface area (Å²) in [4.78, 5) is 3.99. The molecule has 3 heteroatoms.